The molecule has 1 saturated heterocycles. The summed E-state index contributed by atoms with van der Waals surface area (Å²) in [5, 5.41) is 21.1. The van der Waals surface area contributed by atoms with Crippen molar-refractivity contribution in [1.29, 1.82) is 0 Å². The van der Waals surface area contributed by atoms with E-state index in [2.05, 4.69) is 29.2 Å². The SMILES string of the molecule is O=C(OCC1CCN(Cc2ccccc2)CC1)C(O)(c1ccccc1)c1ccc(O)cc1. The van der Waals surface area contributed by atoms with E-state index >= 15 is 0 Å². The summed E-state index contributed by atoms with van der Waals surface area (Å²) in [6.07, 6.45) is 1.90. The van der Waals surface area contributed by atoms with E-state index in [1.807, 2.05) is 12.1 Å². The number of hydrogen-bond donors (Lipinski definition) is 2. The molecule has 1 aliphatic heterocycles. The minimum Gasteiger partial charge on any atom is -0.508 e. The second kappa shape index (κ2) is 9.98. The lowest BCUT2D eigenvalue weighted by molar-refractivity contribution is -0.164. The van der Waals surface area contributed by atoms with Crippen molar-refractivity contribution in [3.8, 4) is 5.75 Å². The molecule has 1 fully saturated rings. The molecule has 0 spiro atoms. The number of rotatable bonds is 7. The van der Waals surface area contributed by atoms with Crippen LogP contribution in [0.15, 0.2) is 84.9 Å². The molecule has 0 aliphatic carbocycles. The number of hydrogen-bond acceptors (Lipinski definition) is 5. The topological polar surface area (TPSA) is 70.0 Å². The second-order valence-corrected chi connectivity index (χ2v) is 8.43. The summed E-state index contributed by atoms with van der Waals surface area (Å²) in [7, 11) is 0. The van der Waals surface area contributed by atoms with E-state index in [0.29, 0.717) is 11.1 Å². The van der Waals surface area contributed by atoms with Gasteiger partial charge in [-0.25, -0.2) is 4.79 Å². The Hall–Kier alpha value is -3.15. The van der Waals surface area contributed by atoms with E-state index in [1.165, 1.54) is 17.7 Å². The van der Waals surface area contributed by atoms with Gasteiger partial charge in [-0.15, -0.1) is 0 Å². The summed E-state index contributed by atoms with van der Waals surface area (Å²) in [5.74, 6) is -0.355. The molecule has 4 rings (SSSR count). The Labute approximate surface area is 188 Å². The van der Waals surface area contributed by atoms with Crippen molar-refractivity contribution in [3.05, 3.63) is 102 Å². The van der Waals surface area contributed by atoms with Gasteiger partial charge in [0.2, 0.25) is 5.60 Å². The molecule has 2 N–H and O–H groups in total. The van der Waals surface area contributed by atoms with Crippen LogP contribution in [0.5, 0.6) is 5.75 Å². The monoisotopic (exact) mass is 431 g/mol. The van der Waals surface area contributed by atoms with Gasteiger partial charge in [0.1, 0.15) is 5.75 Å². The number of phenolic OH excluding ortho intramolecular Hbond substituents is 1. The van der Waals surface area contributed by atoms with Gasteiger partial charge in [0.15, 0.2) is 0 Å². The van der Waals surface area contributed by atoms with Gasteiger partial charge in [-0.2, -0.15) is 0 Å². The standard InChI is InChI=1S/C27H29NO4/c29-25-13-11-24(12-14-25)27(31,23-9-5-2-6-10-23)26(30)32-20-22-15-17-28(18-16-22)19-21-7-3-1-4-8-21/h1-14,22,29,31H,15-20H2. The van der Waals surface area contributed by atoms with Gasteiger partial charge >= 0.3 is 5.97 Å². The Morgan fingerprint density at radius 1 is 0.875 bits per heavy atom. The van der Waals surface area contributed by atoms with E-state index in [1.54, 1.807) is 36.4 Å². The number of benzene rings is 3. The molecule has 1 heterocycles. The van der Waals surface area contributed by atoms with Crippen LogP contribution in [0.3, 0.4) is 0 Å². The molecule has 0 amide bonds. The molecule has 1 aliphatic rings. The average Bonchev–Trinajstić information content (AvgIpc) is 2.84. The Balaban J connectivity index is 1.38. The minimum absolute atomic E-state index is 0.0693. The van der Waals surface area contributed by atoms with Gasteiger partial charge in [0, 0.05) is 6.54 Å². The van der Waals surface area contributed by atoms with Crippen LogP contribution >= 0.6 is 0 Å². The zero-order valence-corrected chi connectivity index (χ0v) is 18.1. The smallest absolute Gasteiger partial charge is 0.347 e. The predicted molar refractivity (Wildman–Crippen MR) is 123 cm³/mol. The zero-order chi connectivity index (χ0) is 22.4. The number of aromatic hydroxyl groups is 1. The van der Waals surface area contributed by atoms with Gasteiger partial charge in [-0.1, -0.05) is 72.8 Å². The fourth-order valence-corrected chi connectivity index (χ4v) is 4.24. The maximum absolute atomic E-state index is 13.2. The number of aliphatic hydroxyl groups is 1. The highest BCUT2D eigenvalue weighted by molar-refractivity contribution is 5.85. The molecule has 0 radical (unpaired) electrons. The van der Waals surface area contributed by atoms with E-state index in [4.69, 9.17) is 4.74 Å². The lowest BCUT2D eigenvalue weighted by Crippen LogP contribution is -2.40. The van der Waals surface area contributed by atoms with Crippen LogP contribution in [-0.4, -0.2) is 40.8 Å². The van der Waals surface area contributed by atoms with Gasteiger partial charge < -0.3 is 14.9 Å². The Morgan fingerprint density at radius 2 is 1.44 bits per heavy atom. The number of phenols is 1. The van der Waals surface area contributed by atoms with Crippen molar-refractivity contribution in [2.24, 2.45) is 5.92 Å². The van der Waals surface area contributed by atoms with E-state index in [9.17, 15) is 15.0 Å². The highest BCUT2D eigenvalue weighted by atomic mass is 16.5. The van der Waals surface area contributed by atoms with Crippen molar-refractivity contribution >= 4 is 5.97 Å². The molecule has 5 nitrogen and oxygen atoms in total. The normalized spacial score (nSPS) is 16.9. The lowest BCUT2D eigenvalue weighted by Gasteiger charge is -2.33. The van der Waals surface area contributed by atoms with Crippen LogP contribution in [-0.2, 0) is 21.7 Å². The highest BCUT2D eigenvalue weighted by Crippen LogP contribution is 2.32. The summed E-state index contributed by atoms with van der Waals surface area (Å²) in [6, 6.07) is 25.2. The molecular weight excluding hydrogens is 402 g/mol. The third-order valence-electron chi connectivity index (χ3n) is 6.18. The first-order valence-electron chi connectivity index (χ1n) is 11.1. The minimum atomic E-state index is -1.93. The maximum Gasteiger partial charge on any atom is 0.347 e. The number of ether oxygens (including phenoxy) is 1. The summed E-state index contributed by atoms with van der Waals surface area (Å²) in [4.78, 5) is 15.6. The third kappa shape index (κ3) is 5.01. The highest BCUT2D eigenvalue weighted by Gasteiger charge is 2.42. The Kier molecular flexibility index (Phi) is 6.88. The van der Waals surface area contributed by atoms with Gasteiger partial charge in [-0.05, 0) is 60.7 Å². The first-order valence-corrected chi connectivity index (χ1v) is 11.1. The molecule has 1 unspecified atom stereocenters. The molecule has 0 bridgehead atoms. The van der Waals surface area contributed by atoms with E-state index < -0.39 is 11.6 Å². The molecule has 5 heteroatoms. The van der Waals surface area contributed by atoms with Crippen molar-refractivity contribution in [1.82, 2.24) is 4.90 Å². The van der Waals surface area contributed by atoms with Gasteiger partial charge in [-0.3, -0.25) is 4.90 Å². The van der Waals surface area contributed by atoms with Crippen LogP contribution in [0.1, 0.15) is 29.5 Å². The Bertz CT molecular complexity index is 999. The zero-order valence-electron chi connectivity index (χ0n) is 18.1. The maximum atomic E-state index is 13.2. The fourth-order valence-electron chi connectivity index (χ4n) is 4.24. The van der Waals surface area contributed by atoms with Crippen LogP contribution < -0.4 is 0 Å². The first-order chi connectivity index (χ1) is 15.6. The predicted octanol–water partition coefficient (Wildman–Crippen LogP) is 4.08. The number of carbonyl (C=O) groups excluding carboxylic acids is 1. The number of esters is 1. The van der Waals surface area contributed by atoms with Crippen molar-refractivity contribution in [2.45, 2.75) is 25.0 Å². The quantitative estimate of drug-likeness (QED) is 0.552. The van der Waals surface area contributed by atoms with Crippen LogP contribution in [0, 0.1) is 5.92 Å². The fraction of sp³-hybridized carbons (Fsp3) is 0.296. The molecule has 0 saturated carbocycles. The summed E-state index contributed by atoms with van der Waals surface area (Å²) in [6.45, 7) is 3.13. The summed E-state index contributed by atoms with van der Waals surface area (Å²) in [5.41, 5.74) is 0.180. The number of likely N-dealkylation sites (tertiary alicyclic amines) is 1. The van der Waals surface area contributed by atoms with Crippen molar-refractivity contribution in [2.75, 3.05) is 19.7 Å². The van der Waals surface area contributed by atoms with Crippen molar-refractivity contribution in [3.63, 3.8) is 0 Å². The van der Waals surface area contributed by atoms with Crippen molar-refractivity contribution < 1.29 is 19.7 Å². The van der Waals surface area contributed by atoms with E-state index in [-0.39, 0.29) is 18.3 Å². The molecule has 1 atom stereocenters. The molecule has 3 aromatic rings. The number of nitrogens with zero attached hydrogens (tertiary/aromatic N) is 1. The average molecular weight is 432 g/mol. The molecule has 0 aromatic heterocycles. The van der Waals surface area contributed by atoms with Crippen LogP contribution in [0.25, 0.3) is 0 Å². The molecular formula is C27H29NO4. The van der Waals surface area contributed by atoms with Gasteiger partial charge in [0.25, 0.3) is 0 Å². The second-order valence-electron chi connectivity index (χ2n) is 8.43. The molecule has 3 aromatic carbocycles. The summed E-state index contributed by atoms with van der Waals surface area (Å²) < 4.78 is 5.67. The first kappa shape index (κ1) is 22.1. The number of carbonyl (C=O) groups is 1. The third-order valence-corrected chi connectivity index (χ3v) is 6.18. The largest absolute Gasteiger partial charge is 0.508 e. The van der Waals surface area contributed by atoms with Crippen LogP contribution in [0.4, 0.5) is 0 Å². The van der Waals surface area contributed by atoms with E-state index in [0.717, 1.165) is 32.5 Å². The molecule has 166 valence electrons. The molecule has 32 heavy (non-hydrogen) atoms. The Morgan fingerprint density at radius 3 is 2.06 bits per heavy atom. The van der Waals surface area contributed by atoms with Gasteiger partial charge in [0.05, 0.1) is 6.61 Å². The summed E-state index contributed by atoms with van der Waals surface area (Å²) >= 11 is 0. The number of piperidine rings is 1. The van der Waals surface area contributed by atoms with Crippen LogP contribution in [0.2, 0.25) is 0 Å². The lowest BCUT2D eigenvalue weighted by atomic mass is 9.86.